The molecule has 0 saturated carbocycles. The lowest BCUT2D eigenvalue weighted by atomic mass is 9.86. The minimum atomic E-state index is 0.0111. The number of nitrogens with one attached hydrogen (secondary N) is 1. The van der Waals surface area contributed by atoms with Gasteiger partial charge in [-0.1, -0.05) is 48.1 Å². The van der Waals surface area contributed by atoms with E-state index >= 15 is 0 Å². The number of piperidine rings is 1. The lowest BCUT2D eigenvalue weighted by molar-refractivity contribution is -0.0771. The minimum absolute atomic E-state index is 0.0111. The Hall–Kier alpha value is -0.640. The first-order valence-corrected chi connectivity index (χ1v) is 10.2. The first kappa shape index (κ1) is 22.4. The summed E-state index contributed by atoms with van der Waals surface area (Å²) in [6, 6.07) is 2.33. The Morgan fingerprint density at radius 2 is 1.70 bits per heavy atom. The quantitative estimate of drug-likeness (QED) is 0.676. The Bertz CT molecular complexity index is 444. The molecule has 3 heterocycles. The molecule has 1 aromatic heterocycles. The zero-order valence-electron chi connectivity index (χ0n) is 16.3. The predicted molar refractivity (Wildman–Crippen MR) is 107 cm³/mol. The van der Waals surface area contributed by atoms with Crippen LogP contribution in [0.15, 0.2) is 12.6 Å². The van der Waals surface area contributed by atoms with Gasteiger partial charge in [0, 0.05) is 9.75 Å². The molecule has 1 N–H and O–H groups in total. The highest BCUT2D eigenvalue weighted by atomic mass is 32.1. The summed E-state index contributed by atoms with van der Waals surface area (Å²) in [5, 5.41) is 3.42. The van der Waals surface area contributed by atoms with Crippen molar-refractivity contribution >= 4 is 16.9 Å². The second-order valence-corrected chi connectivity index (χ2v) is 6.14. The largest absolute Gasteiger partial charge is 0.369 e. The zero-order chi connectivity index (χ0) is 17.9. The van der Waals surface area contributed by atoms with Gasteiger partial charge in [-0.25, -0.2) is 0 Å². The fraction of sp³-hybridized carbons (Fsp3) is 0.700. The monoisotopic (exact) mass is 339 g/mol. The van der Waals surface area contributed by atoms with Crippen LogP contribution >= 0.6 is 11.3 Å². The van der Waals surface area contributed by atoms with E-state index < -0.39 is 0 Å². The number of rotatable bonds is 1. The van der Waals surface area contributed by atoms with Crippen LogP contribution in [0.25, 0.3) is 5.57 Å². The van der Waals surface area contributed by atoms with E-state index in [0.717, 1.165) is 39.0 Å². The standard InChI is InChI=1S/C14H19NOS.3C2H6/c1-10(2)12-9-11-3-8-16-14(13(11)17-12)4-6-15-7-5-14;3*1-2/h9,15H,1,3-8H2,2H3;3*1-2H3. The van der Waals surface area contributed by atoms with Gasteiger partial charge in [0.25, 0.3) is 0 Å². The topological polar surface area (TPSA) is 21.3 Å². The van der Waals surface area contributed by atoms with Crippen LogP contribution in [0.3, 0.4) is 0 Å². The molecule has 0 aliphatic carbocycles. The van der Waals surface area contributed by atoms with Crippen molar-refractivity contribution in [3.8, 4) is 0 Å². The fourth-order valence-corrected chi connectivity index (χ4v) is 4.17. The molecule has 0 radical (unpaired) electrons. The molecule has 3 rings (SSSR count). The van der Waals surface area contributed by atoms with Crippen LogP contribution in [0, 0.1) is 0 Å². The SMILES string of the molecule is C=C(C)c1cc2c(s1)C1(CCNCC1)OCC2.CC.CC.CC. The summed E-state index contributed by atoms with van der Waals surface area (Å²) in [6.07, 6.45) is 3.28. The van der Waals surface area contributed by atoms with Crippen LogP contribution in [0.4, 0.5) is 0 Å². The predicted octanol–water partition coefficient (Wildman–Crippen LogP) is 6.01. The Morgan fingerprint density at radius 3 is 2.22 bits per heavy atom. The zero-order valence-corrected chi connectivity index (χ0v) is 17.2. The van der Waals surface area contributed by atoms with Gasteiger partial charge >= 0.3 is 0 Å². The van der Waals surface area contributed by atoms with Crippen molar-refractivity contribution in [2.75, 3.05) is 19.7 Å². The molecule has 134 valence electrons. The van der Waals surface area contributed by atoms with Crippen molar-refractivity contribution in [3.63, 3.8) is 0 Å². The van der Waals surface area contributed by atoms with E-state index in [0.29, 0.717) is 0 Å². The molecule has 2 aliphatic rings. The summed E-state index contributed by atoms with van der Waals surface area (Å²) in [7, 11) is 0. The number of allylic oxidation sites excluding steroid dienone is 1. The van der Waals surface area contributed by atoms with Crippen molar-refractivity contribution in [1.82, 2.24) is 5.32 Å². The normalized spacial score (nSPS) is 17.3. The number of hydrogen-bond acceptors (Lipinski definition) is 3. The van der Waals surface area contributed by atoms with E-state index in [1.54, 1.807) is 0 Å². The van der Waals surface area contributed by atoms with E-state index in [1.165, 1.54) is 20.9 Å². The van der Waals surface area contributed by atoms with Crippen molar-refractivity contribution in [1.29, 1.82) is 0 Å². The first-order valence-electron chi connectivity index (χ1n) is 9.35. The summed E-state index contributed by atoms with van der Waals surface area (Å²) < 4.78 is 6.17. The van der Waals surface area contributed by atoms with Crippen LogP contribution in [0.5, 0.6) is 0 Å². The average Bonchev–Trinajstić information content (AvgIpc) is 3.08. The summed E-state index contributed by atoms with van der Waals surface area (Å²) in [5.74, 6) is 0. The molecule has 0 aromatic carbocycles. The fourth-order valence-electron chi connectivity index (χ4n) is 2.83. The summed E-state index contributed by atoms with van der Waals surface area (Å²) in [5.41, 5.74) is 2.69. The Balaban J connectivity index is 0.000000728. The number of hydrogen-bond donors (Lipinski definition) is 1. The van der Waals surface area contributed by atoms with Gasteiger partial charge in [-0.15, -0.1) is 11.3 Å². The van der Waals surface area contributed by atoms with Crippen LogP contribution in [-0.4, -0.2) is 19.7 Å². The van der Waals surface area contributed by atoms with Gasteiger partial charge in [0.05, 0.1) is 6.61 Å². The van der Waals surface area contributed by atoms with Gasteiger partial charge in [0.1, 0.15) is 5.60 Å². The Labute approximate surface area is 148 Å². The van der Waals surface area contributed by atoms with Crippen LogP contribution in [0.2, 0.25) is 0 Å². The third-order valence-corrected chi connectivity index (χ3v) is 5.33. The van der Waals surface area contributed by atoms with E-state index in [9.17, 15) is 0 Å². The molecule has 1 spiro atoms. The minimum Gasteiger partial charge on any atom is -0.369 e. The summed E-state index contributed by atoms with van der Waals surface area (Å²) in [6.45, 7) is 21.2. The molecule has 0 amide bonds. The van der Waals surface area contributed by atoms with Gasteiger partial charge in [-0.2, -0.15) is 0 Å². The third kappa shape index (κ3) is 5.44. The molecule has 23 heavy (non-hydrogen) atoms. The maximum Gasteiger partial charge on any atom is 0.105 e. The maximum atomic E-state index is 6.17. The molecular formula is C20H37NOS. The highest BCUT2D eigenvalue weighted by molar-refractivity contribution is 7.13. The maximum absolute atomic E-state index is 6.17. The van der Waals surface area contributed by atoms with E-state index in [1.807, 2.05) is 52.9 Å². The smallest absolute Gasteiger partial charge is 0.105 e. The molecule has 1 fully saturated rings. The summed E-state index contributed by atoms with van der Waals surface area (Å²) >= 11 is 1.90. The number of fused-ring (bicyclic) bond motifs is 2. The second kappa shape index (κ2) is 11.8. The Kier molecular flexibility index (Phi) is 11.5. The molecule has 1 aromatic rings. The van der Waals surface area contributed by atoms with E-state index in [-0.39, 0.29) is 5.60 Å². The molecule has 1 saturated heterocycles. The molecule has 3 heteroatoms. The highest BCUT2D eigenvalue weighted by Gasteiger charge is 2.40. The molecule has 2 nitrogen and oxygen atoms in total. The van der Waals surface area contributed by atoms with Gasteiger partial charge in [-0.05, 0) is 56.5 Å². The summed E-state index contributed by atoms with van der Waals surface area (Å²) in [4.78, 5) is 2.81. The van der Waals surface area contributed by atoms with Crippen molar-refractivity contribution < 1.29 is 4.74 Å². The van der Waals surface area contributed by atoms with Gasteiger partial charge in [0.15, 0.2) is 0 Å². The molecular weight excluding hydrogens is 302 g/mol. The number of thiophene rings is 1. The van der Waals surface area contributed by atoms with Crippen molar-refractivity contribution in [3.05, 3.63) is 28.0 Å². The highest BCUT2D eigenvalue weighted by Crippen LogP contribution is 2.45. The van der Waals surface area contributed by atoms with Gasteiger partial charge in [-0.3, -0.25) is 0 Å². The molecule has 0 bridgehead atoms. The molecule has 2 aliphatic heterocycles. The Morgan fingerprint density at radius 1 is 1.13 bits per heavy atom. The molecule has 0 unspecified atom stereocenters. The van der Waals surface area contributed by atoms with E-state index in [2.05, 4.69) is 24.9 Å². The van der Waals surface area contributed by atoms with Gasteiger partial charge in [0.2, 0.25) is 0 Å². The van der Waals surface area contributed by atoms with E-state index in [4.69, 9.17) is 4.74 Å². The van der Waals surface area contributed by atoms with Crippen molar-refractivity contribution in [2.24, 2.45) is 0 Å². The van der Waals surface area contributed by atoms with Crippen molar-refractivity contribution in [2.45, 2.75) is 73.3 Å². The number of ether oxygens (including phenoxy) is 1. The van der Waals surface area contributed by atoms with Crippen LogP contribution in [-0.2, 0) is 16.8 Å². The van der Waals surface area contributed by atoms with Crippen LogP contribution < -0.4 is 5.32 Å². The first-order chi connectivity index (χ1) is 11.2. The average molecular weight is 340 g/mol. The third-order valence-electron chi connectivity index (χ3n) is 3.80. The van der Waals surface area contributed by atoms with Gasteiger partial charge < -0.3 is 10.1 Å². The lowest BCUT2D eigenvalue weighted by Gasteiger charge is -2.40. The van der Waals surface area contributed by atoms with Crippen LogP contribution in [0.1, 0.15) is 76.6 Å². The molecule has 0 atom stereocenters. The second-order valence-electron chi connectivity index (χ2n) is 5.09. The lowest BCUT2D eigenvalue weighted by Crippen LogP contribution is -2.43.